The lowest BCUT2D eigenvalue weighted by atomic mass is 10.2. The van der Waals surface area contributed by atoms with Crippen LogP contribution in [0.25, 0.3) is 0 Å². The van der Waals surface area contributed by atoms with Crippen molar-refractivity contribution in [3.8, 4) is 0 Å². The number of morpholine rings is 1. The van der Waals surface area contributed by atoms with Crippen LogP contribution in [-0.2, 0) is 4.74 Å². The molecule has 0 radical (unpaired) electrons. The van der Waals surface area contributed by atoms with Crippen LogP contribution in [0.15, 0.2) is 4.99 Å². The van der Waals surface area contributed by atoms with Crippen LogP contribution in [0.1, 0.15) is 33.6 Å². The zero-order valence-corrected chi connectivity index (χ0v) is 15.9. The Labute approximate surface area is 146 Å². The molecule has 5 nitrogen and oxygen atoms in total. The smallest absolute Gasteiger partial charge is 0.191 e. The Bertz CT molecular complexity index is 325. The van der Waals surface area contributed by atoms with Crippen LogP contribution in [-0.4, -0.2) is 62.3 Å². The molecule has 21 heavy (non-hydrogen) atoms. The van der Waals surface area contributed by atoms with Gasteiger partial charge in [-0.25, -0.2) is 0 Å². The molecule has 124 valence electrons. The van der Waals surface area contributed by atoms with E-state index in [0.29, 0.717) is 12.0 Å². The molecule has 6 heteroatoms. The Hall–Kier alpha value is -0.0800. The molecular formula is C15H31IN4O. The molecule has 0 aromatic carbocycles. The van der Waals surface area contributed by atoms with Crippen molar-refractivity contribution in [1.29, 1.82) is 0 Å². The van der Waals surface area contributed by atoms with Crippen LogP contribution in [0.4, 0.5) is 0 Å². The molecule has 2 aliphatic rings. The maximum absolute atomic E-state index is 5.96. The van der Waals surface area contributed by atoms with Crippen LogP contribution in [0, 0.1) is 5.92 Å². The second-order valence-corrected chi connectivity index (χ2v) is 6.24. The van der Waals surface area contributed by atoms with Crippen molar-refractivity contribution in [2.45, 2.75) is 45.8 Å². The highest BCUT2D eigenvalue weighted by Gasteiger charge is 2.32. The van der Waals surface area contributed by atoms with E-state index in [0.717, 1.165) is 38.7 Å². The first-order chi connectivity index (χ1) is 9.69. The molecule has 0 spiro atoms. The Kier molecular flexibility index (Phi) is 8.89. The van der Waals surface area contributed by atoms with Crippen molar-refractivity contribution in [2.75, 3.05) is 39.3 Å². The average molecular weight is 410 g/mol. The van der Waals surface area contributed by atoms with Gasteiger partial charge in [0.2, 0.25) is 0 Å². The number of nitrogens with one attached hydrogen (secondary N) is 2. The molecule has 0 aliphatic carbocycles. The average Bonchev–Trinajstić information content (AvgIpc) is 2.89. The molecule has 0 aromatic heterocycles. The summed E-state index contributed by atoms with van der Waals surface area (Å²) >= 11 is 0. The van der Waals surface area contributed by atoms with Gasteiger partial charge in [-0.05, 0) is 32.2 Å². The summed E-state index contributed by atoms with van der Waals surface area (Å²) in [6.45, 7) is 12.2. The van der Waals surface area contributed by atoms with Crippen LogP contribution < -0.4 is 10.6 Å². The van der Waals surface area contributed by atoms with Crippen molar-refractivity contribution < 1.29 is 4.74 Å². The maximum Gasteiger partial charge on any atom is 0.191 e. The summed E-state index contributed by atoms with van der Waals surface area (Å²) < 4.78 is 5.96. The van der Waals surface area contributed by atoms with Crippen LogP contribution in [0.5, 0.6) is 0 Å². The quantitative estimate of drug-likeness (QED) is 0.412. The first-order valence-corrected chi connectivity index (χ1v) is 8.07. The number of aliphatic imine (C=N–C) groups is 1. The number of halogens is 1. The molecule has 2 atom stereocenters. The summed E-state index contributed by atoms with van der Waals surface area (Å²) in [5.74, 6) is 1.50. The van der Waals surface area contributed by atoms with Crippen LogP contribution >= 0.6 is 24.0 Å². The van der Waals surface area contributed by atoms with E-state index in [2.05, 4.69) is 41.3 Å². The van der Waals surface area contributed by atoms with E-state index in [1.807, 2.05) is 0 Å². The topological polar surface area (TPSA) is 48.9 Å². The molecule has 2 N–H and O–H groups in total. The predicted molar refractivity (Wildman–Crippen MR) is 98.6 cm³/mol. The van der Waals surface area contributed by atoms with Gasteiger partial charge in [0.15, 0.2) is 5.96 Å². The summed E-state index contributed by atoms with van der Waals surface area (Å²) in [4.78, 5) is 7.17. The van der Waals surface area contributed by atoms with E-state index in [1.165, 1.54) is 19.4 Å². The number of nitrogens with zero attached hydrogens (tertiary/aromatic N) is 2. The molecule has 2 heterocycles. The fraction of sp³-hybridized carbons (Fsp3) is 0.933. The number of rotatable bonds is 5. The number of hydrogen-bond donors (Lipinski definition) is 2. The van der Waals surface area contributed by atoms with Crippen LogP contribution in [0.3, 0.4) is 0 Å². The Morgan fingerprint density at radius 3 is 2.90 bits per heavy atom. The van der Waals surface area contributed by atoms with Gasteiger partial charge in [0.05, 0.1) is 12.7 Å². The lowest BCUT2D eigenvalue weighted by Gasteiger charge is -2.35. The molecule has 0 amide bonds. The van der Waals surface area contributed by atoms with E-state index in [9.17, 15) is 0 Å². The molecule has 2 saturated heterocycles. The lowest BCUT2D eigenvalue weighted by Crippen LogP contribution is -2.51. The predicted octanol–water partition coefficient (Wildman–Crippen LogP) is 1.68. The van der Waals surface area contributed by atoms with Crippen molar-refractivity contribution in [2.24, 2.45) is 10.9 Å². The van der Waals surface area contributed by atoms with E-state index < -0.39 is 0 Å². The molecule has 0 saturated carbocycles. The highest BCUT2D eigenvalue weighted by atomic mass is 127. The molecule has 2 unspecified atom stereocenters. The van der Waals surface area contributed by atoms with E-state index in [-0.39, 0.29) is 30.1 Å². The normalized spacial score (nSPS) is 26.4. The summed E-state index contributed by atoms with van der Waals surface area (Å²) in [6.07, 6.45) is 2.91. The largest absolute Gasteiger partial charge is 0.373 e. The Morgan fingerprint density at radius 1 is 1.38 bits per heavy atom. The van der Waals surface area contributed by atoms with Gasteiger partial charge in [0.25, 0.3) is 0 Å². The van der Waals surface area contributed by atoms with E-state index in [1.54, 1.807) is 0 Å². The minimum Gasteiger partial charge on any atom is -0.373 e. The van der Waals surface area contributed by atoms with Crippen molar-refractivity contribution in [3.05, 3.63) is 0 Å². The standard InChI is InChI=1S/C15H30N4O.HI/c1-4-16-15(17-8-12(2)3)18-9-14-10-19-7-5-6-13(19)11-20-14;/h12-14H,4-11H2,1-3H3,(H2,16,17,18);1H. The summed E-state index contributed by atoms with van der Waals surface area (Å²) in [6, 6.07) is 0.675. The Balaban J connectivity index is 0.00000220. The number of hydrogen-bond acceptors (Lipinski definition) is 3. The third kappa shape index (κ3) is 6.28. The molecule has 2 aliphatic heterocycles. The first kappa shape index (κ1) is 19.0. The third-order valence-corrected chi connectivity index (χ3v) is 3.92. The third-order valence-electron chi connectivity index (χ3n) is 3.92. The zero-order chi connectivity index (χ0) is 14.4. The van der Waals surface area contributed by atoms with Crippen LogP contribution in [0.2, 0.25) is 0 Å². The Morgan fingerprint density at radius 2 is 2.19 bits per heavy atom. The van der Waals surface area contributed by atoms with Crippen molar-refractivity contribution >= 4 is 29.9 Å². The highest BCUT2D eigenvalue weighted by molar-refractivity contribution is 14.0. The number of ether oxygens (including phenoxy) is 1. The lowest BCUT2D eigenvalue weighted by molar-refractivity contribution is -0.0453. The van der Waals surface area contributed by atoms with Crippen molar-refractivity contribution in [3.63, 3.8) is 0 Å². The second-order valence-electron chi connectivity index (χ2n) is 6.24. The summed E-state index contributed by atoms with van der Waals surface area (Å²) in [5, 5.41) is 6.71. The van der Waals surface area contributed by atoms with Crippen molar-refractivity contribution in [1.82, 2.24) is 15.5 Å². The minimum absolute atomic E-state index is 0. The number of fused-ring (bicyclic) bond motifs is 1. The summed E-state index contributed by atoms with van der Waals surface area (Å²) in [5.41, 5.74) is 0. The van der Waals surface area contributed by atoms with Gasteiger partial charge in [0, 0.05) is 32.2 Å². The molecule has 2 fully saturated rings. The SMILES string of the molecule is CCNC(=NCC(C)C)NCC1CN2CCCC2CO1.I. The van der Waals surface area contributed by atoms with Gasteiger partial charge in [-0.3, -0.25) is 9.89 Å². The van der Waals surface area contributed by atoms with Gasteiger partial charge < -0.3 is 15.4 Å². The summed E-state index contributed by atoms with van der Waals surface area (Å²) in [7, 11) is 0. The first-order valence-electron chi connectivity index (χ1n) is 8.07. The van der Waals surface area contributed by atoms with Gasteiger partial charge in [-0.15, -0.1) is 24.0 Å². The van der Waals surface area contributed by atoms with E-state index in [4.69, 9.17) is 4.74 Å². The minimum atomic E-state index is 0. The highest BCUT2D eigenvalue weighted by Crippen LogP contribution is 2.22. The monoisotopic (exact) mass is 410 g/mol. The zero-order valence-electron chi connectivity index (χ0n) is 13.6. The second kappa shape index (κ2) is 9.84. The molecular weight excluding hydrogens is 379 g/mol. The maximum atomic E-state index is 5.96. The fourth-order valence-electron chi connectivity index (χ4n) is 2.84. The van der Waals surface area contributed by atoms with Gasteiger partial charge in [-0.2, -0.15) is 0 Å². The molecule has 0 aromatic rings. The molecule has 2 rings (SSSR count). The van der Waals surface area contributed by atoms with Gasteiger partial charge in [-0.1, -0.05) is 13.8 Å². The van der Waals surface area contributed by atoms with E-state index >= 15 is 0 Å². The number of guanidine groups is 1. The fourth-order valence-corrected chi connectivity index (χ4v) is 2.84. The molecule has 0 bridgehead atoms. The van der Waals surface area contributed by atoms with Gasteiger partial charge in [0.1, 0.15) is 0 Å². The van der Waals surface area contributed by atoms with Gasteiger partial charge >= 0.3 is 0 Å².